The number of furan rings is 1. The molecule has 8 nitrogen and oxygen atoms in total. The molecule has 1 aromatic heterocycles. The van der Waals surface area contributed by atoms with Crippen LogP contribution < -0.4 is 5.32 Å². The van der Waals surface area contributed by atoms with Crippen LogP contribution >= 0.6 is 0 Å². The molecule has 0 aliphatic heterocycles. The number of fused-ring (bicyclic) bond motifs is 7. The molecule has 1 heterocycles. The van der Waals surface area contributed by atoms with E-state index in [0.717, 1.165) is 69.1 Å². The molecule has 0 spiro atoms. The molecule has 5 fully saturated rings. The third-order valence-electron chi connectivity index (χ3n) is 17.8. The lowest BCUT2D eigenvalue weighted by atomic mass is 9.33. The summed E-state index contributed by atoms with van der Waals surface area (Å²) in [6.45, 7) is 24.7. The van der Waals surface area contributed by atoms with Crippen LogP contribution in [0.1, 0.15) is 155 Å². The highest BCUT2D eigenvalue weighted by molar-refractivity contribution is 6.00. The normalized spacial score (nSPS) is 40.6. The maximum absolute atomic E-state index is 14.0. The number of rotatable bonds is 8. The first-order valence-corrected chi connectivity index (χ1v) is 21.1. The summed E-state index contributed by atoms with van der Waals surface area (Å²) in [5.74, 6) is 1.09. The monoisotopic (exact) mass is 745 g/mol. The lowest BCUT2D eigenvalue weighted by molar-refractivity contribution is -0.236. The van der Waals surface area contributed by atoms with Crippen molar-refractivity contribution in [3.8, 4) is 0 Å². The summed E-state index contributed by atoms with van der Waals surface area (Å²) in [7, 11) is 0. The number of hydrogen-bond donors (Lipinski definition) is 2. The number of carbonyl (C=O) groups excluding carboxylic acids is 3. The van der Waals surface area contributed by atoms with Gasteiger partial charge in [0, 0.05) is 23.8 Å². The Morgan fingerprint density at radius 1 is 0.889 bits per heavy atom. The minimum absolute atomic E-state index is 0.0477. The number of ether oxygens (including phenoxy) is 1. The lowest BCUT2D eigenvalue weighted by Gasteiger charge is -2.72. The van der Waals surface area contributed by atoms with Crippen LogP contribution in [0, 0.1) is 81.8 Å². The summed E-state index contributed by atoms with van der Waals surface area (Å²) < 4.78 is 12.0. The highest BCUT2D eigenvalue weighted by Crippen LogP contribution is 2.77. The molecule has 6 aliphatic rings. The van der Waals surface area contributed by atoms with Gasteiger partial charge in [-0.25, -0.2) is 0 Å². The first-order chi connectivity index (χ1) is 25.0. The van der Waals surface area contributed by atoms with Crippen molar-refractivity contribution in [3.05, 3.63) is 34.3 Å². The maximum Gasteiger partial charge on any atom is 0.309 e. The molecule has 1 amide bonds. The van der Waals surface area contributed by atoms with Crippen molar-refractivity contribution < 1.29 is 33.4 Å². The van der Waals surface area contributed by atoms with Gasteiger partial charge in [-0.1, -0.05) is 67.9 Å². The number of hydrogen-bond acceptors (Lipinski definition) is 6. The molecule has 8 heteroatoms. The highest BCUT2D eigenvalue weighted by Gasteiger charge is 2.70. The van der Waals surface area contributed by atoms with Gasteiger partial charge in [-0.15, -0.1) is 0 Å². The Morgan fingerprint density at radius 2 is 1.59 bits per heavy atom. The molecule has 0 saturated heterocycles. The molecule has 0 aromatic carbocycles. The number of Topliss-reactive ketones (excluding diaryl/α,β-unsaturated/α-hetero) is 1. The van der Waals surface area contributed by atoms with E-state index < -0.39 is 17.3 Å². The number of allylic oxidation sites excluding steroid dienone is 2. The summed E-state index contributed by atoms with van der Waals surface area (Å²) >= 11 is 0. The van der Waals surface area contributed by atoms with Crippen molar-refractivity contribution in [2.24, 2.45) is 68.0 Å². The molecular formula is C46H67NO7. The first-order valence-electron chi connectivity index (χ1n) is 21.1. The molecule has 0 unspecified atom stereocenters. The van der Waals surface area contributed by atoms with E-state index in [2.05, 4.69) is 53.8 Å². The predicted molar refractivity (Wildman–Crippen MR) is 207 cm³/mol. The number of aliphatic carboxylic acids is 1. The Hall–Kier alpha value is -2.90. The molecule has 0 bridgehead atoms. The number of carbonyl (C=O) groups is 4. The molecule has 298 valence electrons. The van der Waals surface area contributed by atoms with Gasteiger partial charge in [0.25, 0.3) is 5.91 Å². The van der Waals surface area contributed by atoms with Crippen LogP contribution in [0.5, 0.6) is 0 Å². The van der Waals surface area contributed by atoms with Crippen LogP contribution in [0.2, 0.25) is 0 Å². The minimum Gasteiger partial charge on any atom is -0.481 e. The van der Waals surface area contributed by atoms with Gasteiger partial charge in [0.1, 0.15) is 17.6 Å². The van der Waals surface area contributed by atoms with E-state index >= 15 is 0 Å². The number of nitrogens with one attached hydrogen (secondary N) is 1. The second kappa shape index (κ2) is 12.8. The number of amides is 1. The molecule has 2 N–H and O–H groups in total. The van der Waals surface area contributed by atoms with Crippen molar-refractivity contribution in [2.75, 3.05) is 6.54 Å². The topological polar surface area (TPSA) is 123 Å². The average Bonchev–Trinajstić information content (AvgIpc) is 3.56. The van der Waals surface area contributed by atoms with Gasteiger partial charge in [-0.05, 0) is 135 Å². The molecule has 6 aliphatic carbocycles. The second-order valence-corrected chi connectivity index (χ2v) is 21.1. The van der Waals surface area contributed by atoms with Crippen LogP contribution in [0.4, 0.5) is 0 Å². The zero-order valence-corrected chi connectivity index (χ0v) is 35.0. The van der Waals surface area contributed by atoms with Crippen molar-refractivity contribution >= 4 is 23.6 Å². The number of aryl methyl sites for hydroxylation is 2. The van der Waals surface area contributed by atoms with Gasteiger partial charge in [0.15, 0.2) is 5.78 Å². The van der Waals surface area contributed by atoms with Crippen molar-refractivity contribution in [1.29, 1.82) is 0 Å². The van der Waals surface area contributed by atoms with Crippen LogP contribution in [0.3, 0.4) is 0 Å². The average molecular weight is 746 g/mol. The SMILES string of the molecule is Cc1cc(C(=O)NCC[C@@]23CC[C@]4(C)[C@H](CC[C@@H]5[C@@]6(C)CC[C@H](OC(=O)[C@H]7C[C@@H](C(=O)O)C7(C)C)C(C)(C)[C@@H]6CC[C@]54C)C2=C(C(C)C)C(=O)C3)c(C)o1. The molecule has 1 aromatic rings. The summed E-state index contributed by atoms with van der Waals surface area (Å²) in [5.41, 5.74) is 2.34. The fraction of sp³-hybridized carbons (Fsp3) is 0.783. The smallest absolute Gasteiger partial charge is 0.309 e. The summed E-state index contributed by atoms with van der Waals surface area (Å²) in [5, 5.41) is 12.8. The Balaban J connectivity index is 1.12. The van der Waals surface area contributed by atoms with E-state index in [1.807, 2.05) is 27.7 Å². The van der Waals surface area contributed by atoms with Crippen LogP contribution in [0.15, 0.2) is 21.6 Å². The van der Waals surface area contributed by atoms with Gasteiger partial charge >= 0.3 is 11.9 Å². The Labute approximate surface area is 323 Å². The number of carboxylic acid groups (broad SMARTS) is 1. The fourth-order valence-corrected chi connectivity index (χ4v) is 14.6. The first kappa shape index (κ1) is 39.3. The van der Waals surface area contributed by atoms with Gasteiger partial charge in [-0.3, -0.25) is 19.2 Å². The Morgan fingerprint density at radius 3 is 2.20 bits per heavy atom. The third kappa shape index (κ3) is 5.47. The molecule has 54 heavy (non-hydrogen) atoms. The van der Waals surface area contributed by atoms with E-state index in [9.17, 15) is 24.3 Å². The van der Waals surface area contributed by atoms with Gasteiger partial charge in [0.05, 0.1) is 17.4 Å². The molecule has 5 saturated carbocycles. The third-order valence-corrected chi connectivity index (χ3v) is 17.8. The summed E-state index contributed by atoms with van der Waals surface area (Å²) in [6.07, 6.45) is 9.84. The van der Waals surface area contributed by atoms with Crippen LogP contribution in [0.25, 0.3) is 0 Å². The van der Waals surface area contributed by atoms with Gasteiger partial charge < -0.3 is 19.6 Å². The lowest BCUT2D eigenvalue weighted by Crippen LogP contribution is -2.66. The molecular weight excluding hydrogens is 679 g/mol. The summed E-state index contributed by atoms with van der Waals surface area (Å²) in [6, 6.07) is 1.80. The second-order valence-electron chi connectivity index (χ2n) is 21.1. The standard InChI is InChI=1S/C46H67NO7/c1-25(2)36-32(48)24-46(20-21-47-38(49)28-22-26(3)53-27(28)4)19-18-44(10)29(37(36)46)12-13-34-43(9)16-15-35(42(7,8)33(43)14-17-45(34,44)11)54-40(52)31-23-30(39(50)51)41(31,5)6/h22,25,29-31,33-35H,12-21,23-24H2,1-11H3,(H,47,49)(H,50,51)/t29-,30+,31-,33+,34-,35+,43+,44-,45-,46-/m1/s1. The highest BCUT2D eigenvalue weighted by atomic mass is 16.5. The van der Waals surface area contributed by atoms with Crippen molar-refractivity contribution in [1.82, 2.24) is 5.32 Å². The zero-order valence-electron chi connectivity index (χ0n) is 35.0. The maximum atomic E-state index is 14.0. The van der Waals surface area contributed by atoms with Crippen molar-refractivity contribution in [3.63, 3.8) is 0 Å². The van der Waals surface area contributed by atoms with E-state index in [4.69, 9.17) is 9.15 Å². The van der Waals surface area contributed by atoms with Gasteiger partial charge in [0.2, 0.25) is 0 Å². The number of carboxylic acids is 1. The van der Waals surface area contributed by atoms with Gasteiger partial charge in [-0.2, -0.15) is 0 Å². The van der Waals surface area contributed by atoms with E-state index in [0.29, 0.717) is 54.2 Å². The minimum atomic E-state index is -0.827. The fourth-order valence-electron chi connectivity index (χ4n) is 14.6. The number of ketones is 1. The largest absolute Gasteiger partial charge is 0.481 e. The molecule has 7 rings (SSSR count). The van der Waals surface area contributed by atoms with Crippen molar-refractivity contribution in [2.45, 2.75) is 153 Å². The molecule has 0 radical (unpaired) electrons. The van der Waals surface area contributed by atoms with Crippen LogP contribution in [-0.2, 0) is 19.1 Å². The predicted octanol–water partition coefficient (Wildman–Crippen LogP) is 9.66. The Bertz CT molecular complexity index is 1780. The quantitative estimate of drug-likeness (QED) is 0.254. The Kier molecular flexibility index (Phi) is 9.33. The van der Waals surface area contributed by atoms with E-state index in [1.165, 1.54) is 5.57 Å². The van der Waals surface area contributed by atoms with E-state index in [1.54, 1.807) is 6.07 Å². The number of esters is 1. The summed E-state index contributed by atoms with van der Waals surface area (Å²) in [4.78, 5) is 52.6. The molecule has 10 atom stereocenters. The van der Waals surface area contributed by atoms with E-state index in [-0.39, 0.29) is 56.9 Å². The zero-order chi connectivity index (χ0) is 39.6. The van der Waals surface area contributed by atoms with Crippen LogP contribution in [-0.4, -0.2) is 41.4 Å².